The van der Waals surface area contributed by atoms with Crippen molar-refractivity contribution >= 4 is 29.3 Å². The van der Waals surface area contributed by atoms with Crippen LogP contribution in [0.15, 0.2) is 60.7 Å². The molecule has 5 rings (SSSR count). The van der Waals surface area contributed by atoms with Crippen molar-refractivity contribution in [2.24, 2.45) is 11.7 Å². The quantitative estimate of drug-likeness (QED) is 0.260. The van der Waals surface area contributed by atoms with E-state index in [1.165, 1.54) is 5.56 Å². The van der Waals surface area contributed by atoms with Gasteiger partial charge in [-0.3, -0.25) is 28.8 Å². The molecular formula is C36H47N7O4. The molecule has 1 saturated heterocycles. The van der Waals surface area contributed by atoms with Crippen molar-refractivity contribution < 1.29 is 19.2 Å². The van der Waals surface area contributed by atoms with E-state index in [4.69, 9.17) is 5.73 Å². The molecule has 0 unspecified atom stereocenters. The van der Waals surface area contributed by atoms with Gasteiger partial charge in [0.25, 0.3) is 5.91 Å². The molecule has 2 aliphatic rings. The first-order valence-electron chi connectivity index (χ1n) is 16.9. The Morgan fingerprint density at radius 2 is 1.60 bits per heavy atom. The highest BCUT2D eigenvalue weighted by atomic mass is 16.2. The number of carbonyl (C=O) groups is 4. The first kappa shape index (κ1) is 33.8. The zero-order valence-electron chi connectivity index (χ0n) is 27.5. The van der Waals surface area contributed by atoms with Gasteiger partial charge >= 0.3 is 0 Å². The Labute approximate surface area is 276 Å². The molecular weight excluding hydrogens is 594 g/mol. The minimum Gasteiger partial charge on any atom is -0.364 e. The lowest BCUT2D eigenvalue weighted by Gasteiger charge is -2.36. The Morgan fingerprint density at radius 3 is 2.19 bits per heavy atom. The third kappa shape index (κ3) is 8.65. The molecule has 47 heavy (non-hydrogen) atoms. The SMILES string of the molecule is CCC(=O)N[C@H](Cc1ccc(NC(=O)[C@H](c2cc(C(N)=O)n(CC)n2)C2CCCC2)cc1)C(=O)N1CCN(Cc2ccccc2)CC1. The molecule has 4 amide bonds. The van der Waals surface area contributed by atoms with Crippen molar-refractivity contribution in [1.82, 2.24) is 24.9 Å². The van der Waals surface area contributed by atoms with Crippen LogP contribution in [0.5, 0.6) is 0 Å². The zero-order valence-corrected chi connectivity index (χ0v) is 27.5. The number of nitrogens with two attached hydrogens (primary N) is 1. The van der Waals surface area contributed by atoms with Crippen LogP contribution in [-0.2, 0) is 33.9 Å². The van der Waals surface area contributed by atoms with Gasteiger partial charge in [0.05, 0.1) is 11.6 Å². The number of aryl methyl sites for hydroxylation is 1. The van der Waals surface area contributed by atoms with Gasteiger partial charge < -0.3 is 21.3 Å². The standard InChI is InChI=1S/C36H47N7O4/c1-3-32(44)39-30(36(47)42-20-18-41(19-21-42)24-26-10-6-5-7-11-26)22-25-14-16-28(17-15-25)38-35(46)33(27-12-8-9-13-27)29-23-31(34(37)45)43(4-2)40-29/h5-7,10-11,14-17,23,27,30,33H,3-4,8-9,12-13,18-22,24H2,1-2H3,(H2,37,45)(H,38,46)(H,39,44)/t30-,33+/m1/s1. The van der Waals surface area contributed by atoms with Crippen molar-refractivity contribution in [3.8, 4) is 0 Å². The van der Waals surface area contributed by atoms with Crippen LogP contribution in [-0.4, -0.2) is 75.4 Å². The lowest BCUT2D eigenvalue weighted by molar-refractivity contribution is -0.138. The monoisotopic (exact) mass is 641 g/mol. The van der Waals surface area contributed by atoms with Crippen LogP contribution < -0.4 is 16.4 Å². The molecule has 2 fully saturated rings. The average Bonchev–Trinajstić information content (AvgIpc) is 3.77. The van der Waals surface area contributed by atoms with Gasteiger partial charge in [0.2, 0.25) is 17.7 Å². The minimum absolute atomic E-state index is 0.0789. The van der Waals surface area contributed by atoms with Crippen LogP contribution in [0.2, 0.25) is 0 Å². The van der Waals surface area contributed by atoms with E-state index in [1.807, 2.05) is 54.3 Å². The summed E-state index contributed by atoms with van der Waals surface area (Å²) in [6, 6.07) is 18.7. The Kier molecular flexibility index (Phi) is 11.4. The van der Waals surface area contributed by atoms with Crippen LogP contribution in [0.4, 0.5) is 5.69 Å². The van der Waals surface area contributed by atoms with Crippen molar-refractivity contribution in [3.63, 3.8) is 0 Å². The number of anilines is 1. The van der Waals surface area contributed by atoms with Crippen LogP contribution in [0.3, 0.4) is 0 Å². The second-order valence-corrected chi connectivity index (χ2v) is 12.6. The van der Waals surface area contributed by atoms with Gasteiger partial charge in [-0.25, -0.2) is 0 Å². The molecule has 1 saturated carbocycles. The van der Waals surface area contributed by atoms with Crippen LogP contribution in [0.1, 0.15) is 79.2 Å². The summed E-state index contributed by atoms with van der Waals surface area (Å²) in [7, 11) is 0. The Balaban J connectivity index is 1.23. The lowest BCUT2D eigenvalue weighted by Crippen LogP contribution is -2.55. The van der Waals surface area contributed by atoms with Gasteiger partial charge in [-0.2, -0.15) is 5.10 Å². The summed E-state index contributed by atoms with van der Waals surface area (Å²) < 4.78 is 1.56. The summed E-state index contributed by atoms with van der Waals surface area (Å²) in [5.41, 5.74) is 9.20. The molecule has 2 heterocycles. The number of nitrogens with one attached hydrogen (secondary N) is 2. The fourth-order valence-corrected chi connectivity index (χ4v) is 6.77. The second kappa shape index (κ2) is 15.9. The summed E-state index contributed by atoms with van der Waals surface area (Å²) in [5, 5.41) is 10.6. The number of aromatic nitrogens is 2. The molecule has 1 aromatic heterocycles. The largest absolute Gasteiger partial charge is 0.364 e. The van der Waals surface area contributed by atoms with Crippen molar-refractivity contribution in [2.75, 3.05) is 31.5 Å². The molecule has 11 heteroatoms. The van der Waals surface area contributed by atoms with Gasteiger partial charge in [-0.15, -0.1) is 0 Å². The molecule has 0 spiro atoms. The number of rotatable bonds is 13. The molecule has 250 valence electrons. The zero-order chi connectivity index (χ0) is 33.3. The second-order valence-electron chi connectivity index (χ2n) is 12.6. The van der Waals surface area contributed by atoms with E-state index in [1.54, 1.807) is 17.7 Å². The topological polar surface area (TPSA) is 143 Å². The van der Waals surface area contributed by atoms with Gasteiger partial charge in [-0.1, -0.05) is 62.2 Å². The lowest BCUT2D eigenvalue weighted by atomic mass is 9.87. The Hall–Kier alpha value is -4.51. The third-order valence-corrected chi connectivity index (χ3v) is 9.37. The van der Waals surface area contributed by atoms with Crippen LogP contribution in [0, 0.1) is 5.92 Å². The van der Waals surface area contributed by atoms with E-state index in [9.17, 15) is 19.2 Å². The number of hydrogen-bond acceptors (Lipinski definition) is 6. The van der Waals surface area contributed by atoms with E-state index in [0.717, 1.165) is 50.9 Å². The van der Waals surface area contributed by atoms with Crippen LogP contribution >= 0.6 is 0 Å². The predicted molar refractivity (Wildman–Crippen MR) is 180 cm³/mol. The number of primary amides is 1. The number of benzene rings is 2. The molecule has 2 aromatic carbocycles. The molecule has 0 bridgehead atoms. The molecule has 0 radical (unpaired) electrons. The molecule has 4 N–H and O–H groups in total. The fraction of sp³-hybridized carbons (Fsp3) is 0.472. The maximum atomic E-state index is 13.7. The molecule has 1 aliphatic carbocycles. The maximum Gasteiger partial charge on any atom is 0.266 e. The summed E-state index contributed by atoms with van der Waals surface area (Å²) in [6.45, 7) is 7.74. The smallest absolute Gasteiger partial charge is 0.266 e. The average molecular weight is 642 g/mol. The first-order valence-corrected chi connectivity index (χ1v) is 16.9. The summed E-state index contributed by atoms with van der Waals surface area (Å²) in [5.74, 6) is -1.35. The minimum atomic E-state index is -0.677. The van der Waals surface area contributed by atoms with Crippen molar-refractivity contribution in [3.05, 3.63) is 83.2 Å². The number of carbonyl (C=O) groups excluding carboxylic acids is 4. The van der Waals surface area contributed by atoms with Gasteiger partial charge in [0.1, 0.15) is 11.7 Å². The van der Waals surface area contributed by atoms with Gasteiger partial charge in [0, 0.05) is 57.8 Å². The first-order chi connectivity index (χ1) is 22.7. The normalized spacial score (nSPS) is 16.9. The molecule has 3 aromatic rings. The van der Waals surface area contributed by atoms with E-state index in [2.05, 4.69) is 32.8 Å². The van der Waals surface area contributed by atoms with Crippen molar-refractivity contribution in [2.45, 2.75) is 77.4 Å². The maximum absolute atomic E-state index is 13.7. The molecule has 11 nitrogen and oxygen atoms in total. The Bertz CT molecular complexity index is 1520. The van der Waals surface area contributed by atoms with Gasteiger partial charge in [0.15, 0.2) is 0 Å². The third-order valence-electron chi connectivity index (χ3n) is 9.37. The summed E-state index contributed by atoms with van der Waals surface area (Å²) in [4.78, 5) is 56.0. The number of nitrogens with zero attached hydrogens (tertiary/aromatic N) is 4. The number of hydrogen-bond donors (Lipinski definition) is 3. The van der Waals surface area contributed by atoms with E-state index in [0.29, 0.717) is 49.6 Å². The fourth-order valence-electron chi connectivity index (χ4n) is 6.77. The highest BCUT2D eigenvalue weighted by Crippen LogP contribution is 2.38. The Morgan fingerprint density at radius 1 is 0.915 bits per heavy atom. The van der Waals surface area contributed by atoms with E-state index >= 15 is 0 Å². The number of amides is 4. The predicted octanol–water partition coefficient (Wildman–Crippen LogP) is 3.70. The van der Waals surface area contributed by atoms with Crippen molar-refractivity contribution in [1.29, 1.82) is 0 Å². The van der Waals surface area contributed by atoms with Gasteiger partial charge in [-0.05, 0) is 55.0 Å². The molecule has 1 aliphatic heterocycles. The number of piperazine rings is 1. The highest BCUT2D eigenvalue weighted by Gasteiger charge is 2.35. The highest BCUT2D eigenvalue weighted by molar-refractivity contribution is 5.97. The summed E-state index contributed by atoms with van der Waals surface area (Å²) in [6.07, 6.45) is 4.58. The summed E-state index contributed by atoms with van der Waals surface area (Å²) >= 11 is 0. The van der Waals surface area contributed by atoms with E-state index < -0.39 is 17.9 Å². The van der Waals surface area contributed by atoms with Crippen LogP contribution in [0.25, 0.3) is 0 Å². The molecule has 2 atom stereocenters. The van der Waals surface area contributed by atoms with E-state index in [-0.39, 0.29) is 23.6 Å².